The van der Waals surface area contributed by atoms with Gasteiger partial charge in [-0.1, -0.05) is 36.8 Å². The van der Waals surface area contributed by atoms with E-state index < -0.39 is 0 Å². The van der Waals surface area contributed by atoms with Crippen LogP contribution < -0.4 is 0 Å². The van der Waals surface area contributed by atoms with E-state index in [1.807, 2.05) is 23.1 Å². The van der Waals surface area contributed by atoms with E-state index in [9.17, 15) is 9.90 Å². The second-order valence-corrected chi connectivity index (χ2v) is 8.33. The van der Waals surface area contributed by atoms with E-state index in [0.717, 1.165) is 44.1 Å². The van der Waals surface area contributed by atoms with Gasteiger partial charge in [-0.05, 0) is 24.8 Å². The average Bonchev–Trinajstić information content (AvgIpc) is 3.23. The van der Waals surface area contributed by atoms with Gasteiger partial charge in [0.15, 0.2) is 11.6 Å². The summed E-state index contributed by atoms with van der Waals surface area (Å²) in [7, 11) is 0. The lowest BCUT2D eigenvalue weighted by Gasteiger charge is -2.34. The molecule has 3 aliphatic rings. The third-order valence-electron chi connectivity index (χ3n) is 6.46. The predicted octanol–water partition coefficient (Wildman–Crippen LogP) is 1.73. The Morgan fingerprint density at radius 1 is 1.14 bits per heavy atom. The lowest BCUT2D eigenvalue weighted by molar-refractivity contribution is -0.139. The minimum atomic E-state index is -0.345. The molecule has 1 saturated carbocycles. The number of rotatable bonds is 4. The number of aromatic nitrogens is 3. The molecule has 2 aromatic rings. The molecule has 28 heavy (non-hydrogen) atoms. The van der Waals surface area contributed by atoms with Crippen LogP contribution in [0.5, 0.6) is 0 Å². The van der Waals surface area contributed by atoms with Crippen LogP contribution in [0.3, 0.4) is 0 Å². The van der Waals surface area contributed by atoms with Gasteiger partial charge < -0.3 is 14.6 Å². The van der Waals surface area contributed by atoms with Gasteiger partial charge in [0.05, 0.1) is 18.7 Å². The SMILES string of the molecule is O=C(C1CCC1)N1CCn2c(nnc2[C@@H]2C[C@@H](O)CN2Cc2ccccc2)C1. The summed E-state index contributed by atoms with van der Waals surface area (Å²) < 4.78 is 2.17. The first-order chi connectivity index (χ1) is 13.7. The summed E-state index contributed by atoms with van der Waals surface area (Å²) >= 11 is 0. The van der Waals surface area contributed by atoms with E-state index >= 15 is 0 Å². The summed E-state index contributed by atoms with van der Waals surface area (Å²) in [4.78, 5) is 16.8. The first-order valence-electron chi connectivity index (χ1n) is 10.4. The number of β-amino-alcohol motifs (C(OH)–C–C–N with tert-alkyl or cyclic N) is 1. The third-order valence-corrected chi connectivity index (χ3v) is 6.46. The standard InChI is InChI=1S/C21H27N5O2/c27-17-11-18(25(13-17)12-15-5-2-1-3-6-15)20-23-22-19-14-24(9-10-26(19)20)21(28)16-7-4-8-16/h1-3,5-6,16-18,27H,4,7-14H2/t17-,18+/m1/s1. The molecule has 1 aromatic carbocycles. The number of carbonyl (C=O) groups excluding carboxylic acids is 1. The van der Waals surface area contributed by atoms with Crippen LogP contribution in [-0.4, -0.2) is 54.8 Å². The van der Waals surface area contributed by atoms with E-state index in [1.165, 1.54) is 12.0 Å². The molecule has 7 heteroatoms. The lowest BCUT2D eigenvalue weighted by atomic mass is 9.84. The zero-order valence-corrected chi connectivity index (χ0v) is 16.1. The van der Waals surface area contributed by atoms with E-state index in [2.05, 4.69) is 31.8 Å². The number of fused-ring (bicyclic) bond motifs is 1. The number of amides is 1. The highest BCUT2D eigenvalue weighted by Gasteiger charge is 2.38. The van der Waals surface area contributed by atoms with Crippen LogP contribution in [0.4, 0.5) is 0 Å². The van der Waals surface area contributed by atoms with Gasteiger partial charge >= 0.3 is 0 Å². The predicted molar refractivity (Wildman–Crippen MR) is 103 cm³/mol. The average molecular weight is 381 g/mol. The van der Waals surface area contributed by atoms with Crippen LogP contribution in [-0.2, 0) is 24.4 Å². The van der Waals surface area contributed by atoms with E-state index in [0.29, 0.717) is 19.5 Å². The Morgan fingerprint density at radius 3 is 2.71 bits per heavy atom. The zero-order chi connectivity index (χ0) is 19.1. The Bertz CT molecular complexity index is 848. The topological polar surface area (TPSA) is 74.5 Å². The monoisotopic (exact) mass is 381 g/mol. The normalized spacial score (nSPS) is 25.5. The van der Waals surface area contributed by atoms with Gasteiger partial charge in [-0.3, -0.25) is 9.69 Å². The molecule has 0 radical (unpaired) electrons. The third kappa shape index (κ3) is 3.22. The molecule has 0 unspecified atom stereocenters. The van der Waals surface area contributed by atoms with Crippen LogP contribution in [0.1, 0.15) is 48.9 Å². The van der Waals surface area contributed by atoms with Crippen molar-refractivity contribution in [1.29, 1.82) is 0 Å². The summed E-state index contributed by atoms with van der Waals surface area (Å²) in [5.41, 5.74) is 1.23. The Balaban J connectivity index is 1.34. The Hall–Kier alpha value is -2.25. The molecular formula is C21H27N5O2. The Morgan fingerprint density at radius 2 is 1.96 bits per heavy atom. The van der Waals surface area contributed by atoms with Gasteiger partial charge in [0.25, 0.3) is 0 Å². The molecule has 5 rings (SSSR count). The summed E-state index contributed by atoms with van der Waals surface area (Å²) in [5, 5.41) is 19.2. The largest absolute Gasteiger partial charge is 0.392 e. The number of benzene rings is 1. The highest BCUT2D eigenvalue weighted by atomic mass is 16.3. The molecule has 1 aliphatic carbocycles. The summed E-state index contributed by atoms with van der Waals surface area (Å²) in [5.74, 6) is 2.30. The fraction of sp³-hybridized carbons (Fsp3) is 0.571. The molecule has 148 valence electrons. The fourth-order valence-electron chi connectivity index (χ4n) is 4.67. The van der Waals surface area contributed by atoms with Crippen LogP contribution >= 0.6 is 0 Å². The van der Waals surface area contributed by atoms with Crippen molar-refractivity contribution in [1.82, 2.24) is 24.6 Å². The number of likely N-dealkylation sites (tertiary alicyclic amines) is 1. The molecule has 0 spiro atoms. The molecule has 3 heterocycles. The van der Waals surface area contributed by atoms with Crippen molar-refractivity contribution in [2.24, 2.45) is 5.92 Å². The molecule has 1 saturated heterocycles. The number of nitrogens with zero attached hydrogens (tertiary/aromatic N) is 5. The van der Waals surface area contributed by atoms with Crippen LogP contribution in [0.25, 0.3) is 0 Å². The maximum Gasteiger partial charge on any atom is 0.226 e. The Kier molecular flexibility index (Phi) is 4.64. The van der Waals surface area contributed by atoms with Crippen molar-refractivity contribution in [2.45, 2.75) is 57.5 Å². The number of aliphatic hydroxyl groups excluding tert-OH is 1. The van der Waals surface area contributed by atoms with Crippen LogP contribution in [0, 0.1) is 5.92 Å². The minimum absolute atomic E-state index is 0.0605. The molecule has 2 atom stereocenters. The molecule has 2 aliphatic heterocycles. The molecule has 1 N–H and O–H groups in total. The molecule has 2 fully saturated rings. The molecule has 7 nitrogen and oxygen atoms in total. The van der Waals surface area contributed by atoms with E-state index in [-0.39, 0.29) is 24.0 Å². The van der Waals surface area contributed by atoms with Crippen molar-refractivity contribution < 1.29 is 9.90 Å². The minimum Gasteiger partial charge on any atom is -0.392 e. The van der Waals surface area contributed by atoms with Gasteiger partial charge in [-0.25, -0.2) is 0 Å². The quantitative estimate of drug-likeness (QED) is 0.873. The first kappa shape index (κ1) is 17.8. The van der Waals surface area contributed by atoms with Gasteiger partial charge in [-0.2, -0.15) is 0 Å². The Labute approximate surface area is 165 Å². The van der Waals surface area contributed by atoms with Crippen molar-refractivity contribution in [3.8, 4) is 0 Å². The van der Waals surface area contributed by atoms with Gasteiger partial charge in [0.1, 0.15) is 0 Å². The summed E-state index contributed by atoms with van der Waals surface area (Å²) in [6.07, 6.45) is 3.56. The van der Waals surface area contributed by atoms with Crippen molar-refractivity contribution in [2.75, 3.05) is 13.1 Å². The first-order valence-corrected chi connectivity index (χ1v) is 10.4. The van der Waals surface area contributed by atoms with Crippen molar-refractivity contribution in [3.05, 3.63) is 47.5 Å². The van der Waals surface area contributed by atoms with Gasteiger partial charge in [-0.15, -0.1) is 10.2 Å². The molecule has 1 amide bonds. The number of hydrogen-bond acceptors (Lipinski definition) is 5. The molecular weight excluding hydrogens is 354 g/mol. The fourth-order valence-corrected chi connectivity index (χ4v) is 4.67. The van der Waals surface area contributed by atoms with E-state index in [1.54, 1.807) is 0 Å². The second-order valence-electron chi connectivity index (χ2n) is 8.33. The van der Waals surface area contributed by atoms with Crippen molar-refractivity contribution >= 4 is 5.91 Å². The van der Waals surface area contributed by atoms with Gasteiger partial charge in [0.2, 0.25) is 5.91 Å². The van der Waals surface area contributed by atoms with Crippen molar-refractivity contribution in [3.63, 3.8) is 0 Å². The summed E-state index contributed by atoms with van der Waals surface area (Å²) in [6, 6.07) is 10.4. The maximum absolute atomic E-state index is 12.6. The molecule has 1 aromatic heterocycles. The zero-order valence-electron chi connectivity index (χ0n) is 16.1. The highest BCUT2D eigenvalue weighted by molar-refractivity contribution is 5.79. The van der Waals surface area contributed by atoms with E-state index in [4.69, 9.17) is 0 Å². The number of hydrogen-bond donors (Lipinski definition) is 1. The number of carbonyl (C=O) groups is 1. The van der Waals surface area contributed by atoms with Crippen LogP contribution in [0.15, 0.2) is 30.3 Å². The summed E-state index contributed by atoms with van der Waals surface area (Å²) in [6.45, 7) is 3.45. The van der Waals surface area contributed by atoms with Crippen LogP contribution in [0.2, 0.25) is 0 Å². The lowest BCUT2D eigenvalue weighted by Crippen LogP contribution is -2.43. The van der Waals surface area contributed by atoms with Gasteiger partial charge in [0, 0.05) is 32.1 Å². The number of aliphatic hydroxyl groups is 1. The highest BCUT2D eigenvalue weighted by Crippen LogP contribution is 2.34. The maximum atomic E-state index is 12.6. The second kappa shape index (κ2) is 7.29. The molecule has 0 bridgehead atoms. The smallest absolute Gasteiger partial charge is 0.226 e.